The van der Waals surface area contributed by atoms with Crippen LogP contribution >= 0.6 is 0 Å². The van der Waals surface area contributed by atoms with Crippen molar-refractivity contribution in [1.82, 2.24) is 0 Å². The molecule has 0 aliphatic rings. The maximum absolute atomic E-state index is 13.2. The zero-order chi connectivity index (χ0) is 16.1. The largest absolute Gasteiger partial charge is 0.497 e. The molecule has 110 valence electrons. The third-order valence-electron chi connectivity index (χ3n) is 2.97. The van der Waals surface area contributed by atoms with E-state index in [4.69, 9.17) is 10.00 Å². The molecule has 0 fully saturated rings. The summed E-state index contributed by atoms with van der Waals surface area (Å²) in [6.07, 6.45) is 1.22. The van der Waals surface area contributed by atoms with Gasteiger partial charge in [-0.1, -0.05) is 6.07 Å². The molecule has 0 atom stereocenters. The van der Waals surface area contributed by atoms with E-state index in [0.29, 0.717) is 11.3 Å². The fourth-order valence-corrected chi connectivity index (χ4v) is 1.82. The molecule has 0 amide bonds. The Morgan fingerprint density at radius 2 is 1.82 bits per heavy atom. The predicted octanol–water partition coefficient (Wildman–Crippen LogP) is 3.76. The topological polar surface area (TPSA) is 50.1 Å². The molecule has 0 spiro atoms. The number of ether oxygens (including phenoxy) is 1. The monoisotopic (exact) mass is 299 g/mol. The van der Waals surface area contributed by atoms with E-state index in [1.165, 1.54) is 31.4 Å². The van der Waals surface area contributed by atoms with Crippen molar-refractivity contribution in [3.63, 3.8) is 0 Å². The van der Waals surface area contributed by atoms with Crippen LogP contribution in [-0.4, -0.2) is 12.9 Å². The number of hydrogen-bond donors (Lipinski definition) is 0. The minimum absolute atomic E-state index is 0.170. The lowest BCUT2D eigenvalue weighted by Crippen LogP contribution is -2.02. The molecule has 0 radical (unpaired) electrons. The Morgan fingerprint density at radius 3 is 2.36 bits per heavy atom. The van der Waals surface area contributed by atoms with Crippen molar-refractivity contribution < 1.29 is 18.3 Å². The van der Waals surface area contributed by atoms with E-state index < -0.39 is 17.4 Å². The number of Topliss-reactive ketones (excluding diaryl/α,β-unsaturated/α-hetero) is 1. The van der Waals surface area contributed by atoms with E-state index in [-0.39, 0.29) is 11.1 Å². The molecule has 0 saturated carbocycles. The van der Waals surface area contributed by atoms with Gasteiger partial charge in [-0.2, -0.15) is 5.26 Å². The number of benzene rings is 2. The molecule has 0 bridgehead atoms. The van der Waals surface area contributed by atoms with Gasteiger partial charge in [-0.15, -0.1) is 0 Å². The Balaban J connectivity index is 2.33. The molecule has 2 aromatic carbocycles. The van der Waals surface area contributed by atoms with E-state index in [1.54, 1.807) is 18.2 Å². The lowest BCUT2D eigenvalue weighted by atomic mass is 10.0. The minimum Gasteiger partial charge on any atom is -0.497 e. The summed E-state index contributed by atoms with van der Waals surface area (Å²) in [4.78, 5) is 12.2. The van der Waals surface area contributed by atoms with Crippen LogP contribution in [0.4, 0.5) is 8.78 Å². The van der Waals surface area contributed by atoms with Crippen LogP contribution in [-0.2, 0) is 0 Å². The lowest BCUT2D eigenvalue weighted by molar-refractivity contribution is 0.104. The molecular formula is C17H11F2NO2. The van der Waals surface area contributed by atoms with Crippen molar-refractivity contribution in [3.8, 4) is 11.8 Å². The van der Waals surface area contributed by atoms with Crippen molar-refractivity contribution in [1.29, 1.82) is 5.26 Å². The van der Waals surface area contributed by atoms with E-state index in [0.717, 1.165) is 12.1 Å². The number of nitriles is 1. The van der Waals surface area contributed by atoms with Crippen LogP contribution in [0.25, 0.3) is 6.08 Å². The van der Waals surface area contributed by atoms with Gasteiger partial charge in [0, 0.05) is 5.56 Å². The average molecular weight is 299 g/mol. The van der Waals surface area contributed by atoms with Gasteiger partial charge in [0.2, 0.25) is 5.78 Å². The van der Waals surface area contributed by atoms with Gasteiger partial charge in [-0.25, -0.2) is 8.78 Å². The Kier molecular flexibility index (Phi) is 4.64. The quantitative estimate of drug-likeness (QED) is 0.490. The summed E-state index contributed by atoms with van der Waals surface area (Å²) in [6, 6.07) is 11.2. The molecule has 22 heavy (non-hydrogen) atoms. The second-order valence-electron chi connectivity index (χ2n) is 4.40. The van der Waals surface area contributed by atoms with E-state index in [2.05, 4.69) is 0 Å². The van der Waals surface area contributed by atoms with E-state index in [1.807, 2.05) is 0 Å². The standard InChI is InChI=1S/C17H11F2NO2/c1-22-14-5-3-12(4-6-14)17(21)13(10-20)8-11-2-7-15(18)16(19)9-11/h2-9H,1H3/b13-8-. The lowest BCUT2D eigenvalue weighted by Gasteiger charge is -2.02. The minimum atomic E-state index is -1.04. The maximum Gasteiger partial charge on any atom is 0.203 e. The third kappa shape index (κ3) is 3.36. The first-order chi connectivity index (χ1) is 10.5. The van der Waals surface area contributed by atoms with Gasteiger partial charge in [0.15, 0.2) is 11.6 Å². The second kappa shape index (κ2) is 6.64. The Bertz CT molecular complexity index is 774. The number of ketones is 1. The van der Waals surface area contributed by atoms with Crippen molar-refractivity contribution >= 4 is 11.9 Å². The first-order valence-electron chi connectivity index (χ1n) is 6.30. The first-order valence-corrected chi connectivity index (χ1v) is 6.30. The molecule has 0 aromatic heterocycles. The van der Waals surface area contributed by atoms with Gasteiger partial charge >= 0.3 is 0 Å². The molecule has 2 rings (SSSR count). The third-order valence-corrected chi connectivity index (χ3v) is 2.97. The Hall–Kier alpha value is -3.00. The summed E-state index contributed by atoms with van der Waals surface area (Å²) in [6.45, 7) is 0. The van der Waals surface area contributed by atoms with Gasteiger partial charge in [0.25, 0.3) is 0 Å². The van der Waals surface area contributed by atoms with Crippen molar-refractivity contribution in [2.75, 3.05) is 7.11 Å². The Morgan fingerprint density at radius 1 is 1.14 bits per heavy atom. The summed E-state index contributed by atoms with van der Waals surface area (Å²) < 4.78 is 31.0. The summed E-state index contributed by atoms with van der Waals surface area (Å²) >= 11 is 0. The maximum atomic E-state index is 13.2. The smallest absolute Gasteiger partial charge is 0.203 e. The van der Waals surface area contributed by atoms with Gasteiger partial charge < -0.3 is 4.74 Å². The van der Waals surface area contributed by atoms with Crippen molar-refractivity contribution in [3.05, 3.63) is 70.8 Å². The molecule has 0 heterocycles. The van der Waals surface area contributed by atoms with E-state index in [9.17, 15) is 13.6 Å². The second-order valence-corrected chi connectivity index (χ2v) is 4.40. The number of halogens is 2. The number of methoxy groups -OCH3 is 1. The van der Waals surface area contributed by atoms with Crippen LogP contribution in [0.1, 0.15) is 15.9 Å². The fourth-order valence-electron chi connectivity index (χ4n) is 1.82. The summed E-state index contributed by atoms with van der Waals surface area (Å²) in [5.41, 5.74) is 0.365. The number of hydrogen-bond acceptors (Lipinski definition) is 3. The summed E-state index contributed by atoms with van der Waals surface area (Å²) in [5.74, 6) is -1.95. The number of nitrogens with zero attached hydrogens (tertiary/aromatic N) is 1. The van der Waals surface area contributed by atoms with Crippen LogP contribution in [0.2, 0.25) is 0 Å². The highest BCUT2D eigenvalue weighted by Gasteiger charge is 2.12. The van der Waals surface area contributed by atoms with Crippen molar-refractivity contribution in [2.24, 2.45) is 0 Å². The number of rotatable bonds is 4. The van der Waals surface area contributed by atoms with Gasteiger partial charge in [-0.05, 0) is 48.0 Å². The van der Waals surface area contributed by atoms with Crippen LogP contribution in [0, 0.1) is 23.0 Å². The van der Waals surface area contributed by atoms with Gasteiger partial charge in [-0.3, -0.25) is 4.79 Å². The van der Waals surface area contributed by atoms with Crippen molar-refractivity contribution in [2.45, 2.75) is 0 Å². The zero-order valence-electron chi connectivity index (χ0n) is 11.6. The molecule has 3 nitrogen and oxygen atoms in total. The number of carbonyl (C=O) groups excluding carboxylic acids is 1. The highest BCUT2D eigenvalue weighted by atomic mass is 19.2. The SMILES string of the molecule is COc1ccc(C(=O)/C(C#N)=C\c2ccc(F)c(F)c2)cc1. The van der Waals surface area contributed by atoms with E-state index >= 15 is 0 Å². The fraction of sp³-hybridized carbons (Fsp3) is 0.0588. The number of allylic oxidation sites excluding steroid dienone is 1. The van der Waals surface area contributed by atoms with Crippen LogP contribution < -0.4 is 4.74 Å². The molecule has 0 saturated heterocycles. The van der Waals surface area contributed by atoms with Gasteiger partial charge in [0.1, 0.15) is 17.4 Å². The van der Waals surface area contributed by atoms with Crippen LogP contribution in [0.5, 0.6) is 5.75 Å². The zero-order valence-corrected chi connectivity index (χ0v) is 11.6. The highest BCUT2D eigenvalue weighted by Crippen LogP contribution is 2.17. The molecule has 0 N–H and O–H groups in total. The predicted molar refractivity (Wildman–Crippen MR) is 77.3 cm³/mol. The molecule has 0 unspecified atom stereocenters. The Labute approximate surface area is 126 Å². The summed E-state index contributed by atoms with van der Waals surface area (Å²) in [5, 5.41) is 9.11. The van der Waals surface area contributed by atoms with Crippen LogP contribution in [0.3, 0.4) is 0 Å². The highest BCUT2D eigenvalue weighted by molar-refractivity contribution is 6.14. The first kappa shape index (κ1) is 15.4. The van der Waals surface area contributed by atoms with Crippen LogP contribution in [0.15, 0.2) is 48.0 Å². The average Bonchev–Trinajstić information content (AvgIpc) is 2.55. The summed E-state index contributed by atoms with van der Waals surface area (Å²) in [7, 11) is 1.50. The molecule has 0 aliphatic carbocycles. The molecule has 0 aliphatic heterocycles. The molecule has 2 aromatic rings. The number of carbonyl (C=O) groups is 1. The molecule has 5 heteroatoms. The normalized spacial score (nSPS) is 10.9. The molecular weight excluding hydrogens is 288 g/mol. The van der Waals surface area contributed by atoms with Gasteiger partial charge in [0.05, 0.1) is 7.11 Å².